The number of benzene rings is 1. The number of hydrogen-bond donors (Lipinski definition) is 2. The van der Waals surface area contributed by atoms with Gasteiger partial charge in [-0.1, -0.05) is 0 Å². The van der Waals surface area contributed by atoms with E-state index in [1.54, 1.807) is 18.2 Å². The lowest BCUT2D eigenvalue weighted by Crippen LogP contribution is -2.14. The minimum atomic E-state index is -2.98. The van der Waals surface area contributed by atoms with Crippen LogP contribution in [0.1, 0.15) is 0 Å². The molecule has 0 saturated carbocycles. The smallest absolute Gasteiger partial charge is 0.295 e. The summed E-state index contributed by atoms with van der Waals surface area (Å²) in [5.41, 5.74) is 7.47. The van der Waals surface area contributed by atoms with Gasteiger partial charge in [-0.15, -0.1) is 0 Å². The van der Waals surface area contributed by atoms with Crippen molar-refractivity contribution in [2.75, 3.05) is 29.6 Å². The van der Waals surface area contributed by atoms with Gasteiger partial charge in [0.05, 0.1) is 5.75 Å². The standard InChI is InChI=1S/C10H13N3O3S/c1-17(14,15)5-4-12-10-13-8-6-7(11)2-3-9(8)16-10/h2-3,6H,4-5,11H2,1H3,(H,12,13). The Hall–Kier alpha value is -1.76. The summed E-state index contributed by atoms with van der Waals surface area (Å²) in [5, 5.41) is 2.81. The van der Waals surface area contributed by atoms with E-state index in [2.05, 4.69) is 10.3 Å². The molecule has 0 saturated heterocycles. The van der Waals surface area contributed by atoms with Crippen molar-refractivity contribution >= 4 is 32.6 Å². The van der Waals surface area contributed by atoms with Gasteiger partial charge in [-0.05, 0) is 18.2 Å². The number of nitrogen functional groups attached to an aromatic ring is 1. The molecule has 2 aromatic rings. The van der Waals surface area contributed by atoms with Crippen molar-refractivity contribution in [3.05, 3.63) is 18.2 Å². The van der Waals surface area contributed by atoms with E-state index in [9.17, 15) is 8.42 Å². The molecular formula is C10H13N3O3S. The highest BCUT2D eigenvalue weighted by molar-refractivity contribution is 7.90. The predicted octanol–water partition coefficient (Wildman–Crippen LogP) is 0.866. The highest BCUT2D eigenvalue weighted by Gasteiger charge is 2.07. The molecule has 0 aliphatic carbocycles. The summed E-state index contributed by atoms with van der Waals surface area (Å²) in [5.74, 6) is 0.0356. The topological polar surface area (TPSA) is 98.2 Å². The van der Waals surface area contributed by atoms with Gasteiger partial charge < -0.3 is 15.5 Å². The average molecular weight is 255 g/mol. The van der Waals surface area contributed by atoms with Crippen molar-refractivity contribution < 1.29 is 12.8 Å². The number of nitrogens with two attached hydrogens (primary N) is 1. The van der Waals surface area contributed by atoms with Gasteiger partial charge in [-0.2, -0.15) is 4.98 Å². The number of anilines is 2. The average Bonchev–Trinajstić information content (AvgIpc) is 2.57. The number of nitrogens with zero attached hydrogens (tertiary/aromatic N) is 1. The molecule has 6 nitrogen and oxygen atoms in total. The minimum Gasteiger partial charge on any atom is -0.424 e. The first kappa shape index (κ1) is 11.7. The maximum atomic E-state index is 10.9. The van der Waals surface area contributed by atoms with Crippen LogP contribution in [0.2, 0.25) is 0 Å². The molecule has 17 heavy (non-hydrogen) atoms. The van der Waals surface area contributed by atoms with Crippen LogP contribution in [-0.4, -0.2) is 32.0 Å². The number of sulfone groups is 1. The van der Waals surface area contributed by atoms with Crippen LogP contribution in [0, 0.1) is 0 Å². The molecule has 1 heterocycles. The van der Waals surface area contributed by atoms with Crippen molar-refractivity contribution in [1.82, 2.24) is 4.98 Å². The molecule has 0 aliphatic rings. The Kier molecular flexibility index (Phi) is 2.93. The summed E-state index contributed by atoms with van der Waals surface area (Å²) in [6.45, 7) is 0.265. The number of nitrogens with one attached hydrogen (secondary N) is 1. The fraction of sp³-hybridized carbons (Fsp3) is 0.300. The summed E-state index contributed by atoms with van der Waals surface area (Å²) >= 11 is 0. The Balaban J connectivity index is 2.09. The first-order chi connectivity index (χ1) is 7.94. The molecule has 3 N–H and O–H groups in total. The molecule has 2 rings (SSSR count). The zero-order valence-electron chi connectivity index (χ0n) is 9.30. The molecule has 0 fully saturated rings. The summed E-state index contributed by atoms with van der Waals surface area (Å²) in [4.78, 5) is 4.14. The molecule has 0 bridgehead atoms. The second kappa shape index (κ2) is 4.25. The Morgan fingerprint density at radius 3 is 2.94 bits per heavy atom. The van der Waals surface area contributed by atoms with E-state index in [1.807, 2.05) is 0 Å². The van der Waals surface area contributed by atoms with E-state index >= 15 is 0 Å². The zero-order chi connectivity index (χ0) is 12.5. The van der Waals surface area contributed by atoms with Crippen LogP contribution in [0.25, 0.3) is 11.1 Å². The van der Waals surface area contributed by atoms with Crippen LogP contribution in [-0.2, 0) is 9.84 Å². The fourth-order valence-corrected chi connectivity index (χ4v) is 1.84. The van der Waals surface area contributed by atoms with E-state index in [1.165, 1.54) is 6.26 Å². The van der Waals surface area contributed by atoms with E-state index in [4.69, 9.17) is 10.2 Å². The minimum absolute atomic E-state index is 0.0356. The number of hydrogen-bond acceptors (Lipinski definition) is 6. The predicted molar refractivity (Wildman–Crippen MR) is 66.6 cm³/mol. The second-order valence-electron chi connectivity index (χ2n) is 3.80. The van der Waals surface area contributed by atoms with Crippen LogP contribution in [0.5, 0.6) is 0 Å². The van der Waals surface area contributed by atoms with Crippen molar-refractivity contribution in [2.45, 2.75) is 0 Å². The molecule has 92 valence electrons. The van der Waals surface area contributed by atoms with Crippen molar-refractivity contribution in [1.29, 1.82) is 0 Å². The molecule has 0 atom stereocenters. The van der Waals surface area contributed by atoms with Gasteiger partial charge in [0.25, 0.3) is 6.01 Å². The van der Waals surface area contributed by atoms with E-state index in [0.717, 1.165) is 0 Å². The van der Waals surface area contributed by atoms with Gasteiger partial charge in [0.2, 0.25) is 0 Å². The highest BCUT2D eigenvalue weighted by Crippen LogP contribution is 2.20. The third kappa shape index (κ3) is 3.10. The lowest BCUT2D eigenvalue weighted by Gasteiger charge is -1.98. The first-order valence-corrected chi connectivity index (χ1v) is 7.08. The van der Waals surface area contributed by atoms with E-state index < -0.39 is 9.84 Å². The maximum Gasteiger partial charge on any atom is 0.295 e. The highest BCUT2D eigenvalue weighted by atomic mass is 32.2. The largest absolute Gasteiger partial charge is 0.424 e. The van der Waals surface area contributed by atoms with Crippen LogP contribution in [0.15, 0.2) is 22.6 Å². The number of aromatic nitrogens is 1. The number of oxazole rings is 1. The molecule has 0 radical (unpaired) electrons. The molecule has 0 aliphatic heterocycles. The Labute approximate surface area is 98.7 Å². The Bertz CT molecular complexity index is 633. The van der Waals surface area contributed by atoms with Gasteiger partial charge in [-0.3, -0.25) is 0 Å². The zero-order valence-corrected chi connectivity index (χ0v) is 10.1. The third-order valence-corrected chi connectivity index (χ3v) is 3.11. The monoisotopic (exact) mass is 255 g/mol. The van der Waals surface area contributed by atoms with Gasteiger partial charge in [-0.25, -0.2) is 8.42 Å². The van der Waals surface area contributed by atoms with Crippen molar-refractivity contribution in [2.24, 2.45) is 0 Å². The normalized spacial score (nSPS) is 11.8. The molecule has 0 spiro atoms. The molecule has 0 amide bonds. The molecule has 1 aromatic heterocycles. The van der Waals surface area contributed by atoms with Crippen molar-refractivity contribution in [3.63, 3.8) is 0 Å². The number of rotatable bonds is 4. The van der Waals surface area contributed by atoms with Crippen LogP contribution >= 0.6 is 0 Å². The third-order valence-electron chi connectivity index (χ3n) is 2.16. The molecule has 1 aromatic carbocycles. The van der Waals surface area contributed by atoms with Gasteiger partial charge in [0.1, 0.15) is 15.4 Å². The van der Waals surface area contributed by atoms with Gasteiger partial charge >= 0.3 is 0 Å². The Morgan fingerprint density at radius 2 is 2.24 bits per heavy atom. The summed E-state index contributed by atoms with van der Waals surface area (Å²) in [6, 6.07) is 5.43. The van der Waals surface area contributed by atoms with E-state index in [0.29, 0.717) is 22.8 Å². The van der Waals surface area contributed by atoms with Crippen LogP contribution in [0.4, 0.5) is 11.7 Å². The van der Waals surface area contributed by atoms with Crippen molar-refractivity contribution in [3.8, 4) is 0 Å². The Morgan fingerprint density at radius 1 is 1.47 bits per heavy atom. The maximum absolute atomic E-state index is 10.9. The quantitative estimate of drug-likeness (QED) is 0.786. The SMILES string of the molecule is CS(=O)(=O)CCNc1nc2cc(N)ccc2o1. The fourth-order valence-electron chi connectivity index (χ4n) is 1.36. The molecule has 0 unspecified atom stereocenters. The number of fused-ring (bicyclic) bond motifs is 1. The first-order valence-electron chi connectivity index (χ1n) is 5.02. The summed E-state index contributed by atoms with van der Waals surface area (Å²) in [6.07, 6.45) is 1.18. The lowest BCUT2D eigenvalue weighted by atomic mass is 10.3. The van der Waals surface area contributed by atoms with E-state index in [-0.39, 0.29) is 12.3 Å². The lowest BCUT2D eigenvalue weighted by molar-refractivity contribution is 0.599. The van der Waals surface area contributed by atoms with Crippen LogP contribution in [0.3, 0.4) is 0 Å². The van der Waals surface area contributed by atoms with Crippen LogP contribution < -0.4 is 11.1 Å². The molecular weight excluding hydrogens is 242 g/mol. The van der Waals surface area contributed by atoms with Gasteiger partial charge in [0.15, 0.2) is 5.58 Å². The summed E-state index contributed by atoms with van der Waals surface area (Å²) < 4.78 is 27.2. The second-order valence-corrected chi connectivity index (χ2v) is 6.06. The molecule has 7 heteroatoms. The summed E-state index contributed by atoms with van der Waals surface area (Å²) in [7, 11) is -2.98. The van der Waals surface area contributed by atoms with Gasteiger partial charge in [0, 0.05) is 18.5 Å².